The van der Waals surface area contributed by atoms with Gasteiger partial charge in [-0.3, -0.25) is 9.59 Å². The first-order valence-electron chi connectivity index (χ1n) is 6.40. The second-order valence-electron chi connectivity index (χ2n) is 4.44. The summed E-state index contributed by atoms with van der Waals surface area (Å²) in [6.45, 7) is 4.07. The van der Waals surface area contributed by atoms with Crippen molar-refractivity contribution in [3.05, 3.63) is 34.6 Å². The minimum atomic E-state index is -0.258. The maximum atomic E-state index is 11.6. The van der Waals surface area contributed by atoms with Crippen LogP contribution in [0.2, 0.25) is 5.02 Å². The van der Waals surface area contributed by atoms with Gasteiger partial charge in [0.1, 0.15) is 0 Å². The second-order valence-corrected chi connectivity index (χ2v) is 4.88. The molecule has 21 heavy (non-hydrogen) atoms. The molecule has 1 rings (SSSR count). The van der Waals surface area contributed by atoms with E-state index in [0.29, 0.717) is 30.3 Å². The first-order chi connectivity index (χ1) is 10.0. The van der Waals surface area contributed by atoms with E-state index in [4.69, 9.17) is 16.3 Å². The standard InChI is InChI=1S/C14H18ClN3O3/c1-10(2)12(18-9-19)5-6-16-13(20)8-21-14-4-3-11(15)7-17-14/h3-4,7,9H,5-6,8H2,1-2H3,(H,16,20)(H,18,19). The molecule has 2 N–H and O–H groups in total. The van der Waals surface area contributed by atoms with E-state index in [0.717, 1.165) is 11.3 Å². The molecule has 114 valence electrons. The second kappa shape index (κ2) is 8.97. The summed E-state index contributed by atoms with van der Waals surface area (Å²) >= 11 is 5.69. The molecule has 1 aromatic rings. The zero-order chi connectivity index (χ0) is 15.7. The fraction of sp³-hybridized carbons (Fsp3) is 0.357. The van der Waals surface area contributed by atoms with Crippen LogP contribution in [0.4, 0.5) is 0 Å². The number of carbonyl (C=O) groups is 2. The number of nitrogens with one attached hydrogen (secondary N) is 2. The lowest BCUT2D eigenvalue weighted by molar-refractivity contribution is -0.123. The van der Waals surface area contributed by atoms with Crippen LogP contribution < -0.4 is 15.4 Å². The predicted molar refractivity (Wildman–Crippen MR) is 79.9 cm³/mol. The molecule has 0 saturated heterocycles. The van der Waals surface area contributed by atoms with Crippen molar-refractivity contribution in [3.63, 3.8) is 0 Å². The number of allylic oxidation sites excluding steroid dienone is 1. The molecule has 6 nitrogen and oxygen atoms in total. The van der Waals surface area contributed by atoms with E-state index >= 15 is 0 Å². The molecule has 0 aliphatic carbocycles. The molecule has 0 aliphatic heterocycles. The number of amides is 2. The Morgan fingerprint density at radius 3 is 2.76 bits per heavy atom. The predicted octanol–water partition coefficient (Wildman–Crippen LogP) is 1.66. The lowest BCUT2D eigenvalue weighted by Crippen LogP contribution is -2.31. The summed E-state index contributed by atoms with van der Waals surface area (Å²) in [6.07, 6.45) is 2.62. The molecule has 0 atom stereocenters. The average molecular weight is 312 g/mol. The molecule has 1 aromatic heterocycles. The minimum Gasteiger partial charge on any atom is -0.468 e. The minimum absolute atomic E-state index is 0.125. The number of rotatable bonds is 8. The molecule has 2 amide bonds. The van der Waals surface area contributed by atoms with Crippen molar-refractivity contribution >= 4 is 23.9 Å². The van der Waals surface area contributed by atoms with Crippen LogP contribution in [-0.4, -0.2) is 30.5 Å². The van der Waals surface area contributed by atoms with Gasteiger partial charge in [-0.25, -0.2) is 4.98 Å². The molecule has 0 radical (unpaired) electrons. The summed E-state index contributed by atoms with van der Waals surface area (Å²) in [5.41, 5.74) is 1.79. The Hall–Kier alpha value is -2.08. The van der Waals surface area contributed by atoms with E-state index in [9.17, 15) is 9.59 Å². The zero-order valence-electron chi connectivity index (χ0n) is 12.0. The van der Waals surface area contributed by atoms with Crippen molar-refractivity contribution < 1.29 is 14.3 Å². The summed E-state index contributed by atoms with van der Waals surface area (Å²) < 4.78 is 5.21. The van der Waals surface area contributed by atoms with Gasteiger partial charge >= 0.3 is 0 Å². The number of carbonyl (C=O) groups excluding carboxylic acids is 2. The van der Waals surface area contributed by atoms with Gasteiger partial charge in [0, 0.05) is 30.9 Å². The van der Waals surface area contributed by atoms with Crippen LogP contribution in [-0.2, 0) is 9.59 Å². The lowest BCUT2D eigenvalue weighted by atomic mass is 10.2. The number of halogens is 1. The Kier molecular flexibility index (Phi) is 7.25. The third kappa shape index (κ3) is 6.76. The van der Waals surface area contributed by atoms with Crippen molar-refractivity contribution in [1.82, 2.24) is 15.6 Å². The molecule has 1 heterocycles. The summed E-state index contributed by atoms with van der Waals surface area (Å²) in [6, 6.07) is 3.22. The third-order valence-corrected chi connectivity index (χ3v) is 2.81. The van der Waals surface area contributed by atoms with E-state index in [1.165, 1.54) is 6.20 Å². The highest BCUT2D eigenvalue weighted by atomic mass is 35.5. The maximum absolute atomic E-state index is 11.6. The highest BCUT2D eigenvalue weighted by Gasteiger charge is 2.04. The first kappa shape index (κ1) is 17.0. The normalized spacial score (nSPS) is 9.67. The quantitative estimate of drug-likeness (QED) is 0.716. The molecule has 0 spiro atoms. The Balaban J connectivity index is 2.29. The Morgan fingerprint density at radius 1 is 1.43 bits per heavy atom. The van der Waals surface area contributed by atoms with Crippen molar-refractivity contribution in [1.29, 1.82) is 0 Å². The van der Waals surface area contributed by atoms with Crippen LogP contribution in [0.3, 0.4) is 0 Å². The number of ether oxygens (including phenoxy) is 1. The van der Waals surface area contributed by atoms with Gasteiger partial charge in [-0.15, -0.1) is 0 Å². The maximum Gasteiger partial charge on any atom is 0.258 e. The number of pyridine rings is 1. The van der Waals surface area contributed by atoms with Gasteiger partial charge in [0.15, 0.2) is 6.61 Å². The number of aromatic nitrogens is 1. The lowest BCUT2D eigenvalue weighted by Gasteiger charge is -2.10. The van der Waals surface area contributed by atoms with E-state index < -0.39 is 0 Å². The van der Waals surface area contributed by atoms with Crippen LogP contribution in [0.5, 0.6) is 5.88 Å². The van der Waals surface area contributed by atoms with Gasteiger partial charge in [0.05, 0.1) is 5.02 Å². The van der Waals surface area contributed by atoms with Gasteiger partial charge in [-0.05, 0) is 19.9 Å². The van der Waals surface area contributed by atoms with E-state index in [1.807, 2.05) is 13.8 Å². The van der Waals surface area contributed by atoms with Crippen LogP contribution >= 0.6 is 11.6 Å². The molecule has 0 aromatic carbocycles. The van der Waals surface area contributed by atoms with Crippen LogP contribution in [0.1, 0.15) is 20.3 Å². The topological polar surface area (TPSA) is 80.3 Å². The number of hydrogen-bond acceptors (Lipinski definition) is 4. The molecule has 0 saturated carbocycles. The SMILES string of the molecule is CC(C)=C(CCNC(=O)COc1ccc(Cl)cn1)NC=O. The highest BCUT2D eigenvalue weighted by molar-refractivity contribution is 6.30. The fourth-order valence-corrected chi connectivity index (χ4v) is 1.61. The summed E-state index contributed by atoms with van der Waals surface area (Å²) in [5, 5.41) is 5.82. The van der Waals surface area contributed by atoms with E-state index in [-0.39, 0.29) is 12.5 Å². The van der Waals surface area contributed by atoms with E-state index in [2.05, 4.69) is 15.6 Å². The smallest absolute Gasteiger partial charge is 0.258 e. The van der Waals surface area contributed by atoms with Crippen molar-refractivity contribution in [3.8, 4) is 5.88 Å². The van der Waals surface area contributed by atoms with Crippen molar-refractivity contribution in [2.75, 3.05) is 13.2 Å². The van der Waals surface area contributed by atoms with Crippen LogP contribution in [0.15, 0.2) is 29.6 Å². The highest BCUT2D eigenvalue weighted by Crippen LogP contribution is 2.11. The summed E-state index contributed by atoms with van der Waals surface area (Å²) in [5.74, 6) is 0.0770. The molecule has 0 fully saturated rings. The molecule has 0 unspecified atom stereocenters. The number of hydrogen-bond donors (Lipinski definition) is 2. The fourth-order valence-electron chi connectivity index (χ4n) is 1.50. The Bertz CT molecular complexity index is 511. The molecule has 0 aliphatic rings. The largest absolute Gasteiger partial charge is 0.468 e. The van der Waals surface area contributed by atoms with Gasteiger partial charge < -0.3 is 15.4 Å². The Morgan fingerprint density at radius 2 is 2.19 bits per heavy atom. The van der Waals surface area contributed by atoms with Crippen LogP contribution in [0.25, 0.3) is 0 Å². The van der Waals surface area contributed by atoms with Crippen LogP contribution in [0, 0.1) is 0 Å². The molecular formula is C14H18ClN3O3. The number of nitrogens with zero attached hydrogens (tertiary/aromatic N) is 1. The van der Waals surface area contributed by atoms with Gasteiger partial charge in [0.25, 0.3) is 5.91 Å². The van der Waals surface area contributed by atoms with Crippen molar-refractivity contribution in [2.24, 2.45) is 0 Å². The first-order valence-corrected chi connectivity index (χ1v) is 6.78. The van der Waals surface area contributed by atoms with Gasteiger partial charge in [-0.2, -0.15) is 0 Å². The third-order valence-electron chi connectivity index (χ3n) is 2.59. The van der Waals surface area contributed by atoms with Gasteiger partial charge in [0.2, 0.25) is 12.3 Å². The molecule has 0 bridgehead atoms. The van der Waals surface area contributed by atoms with Gasteiger partial charge in [-0.1, -0.05) is 17.2 Å². The Labute approximate surface area is 128 Å². The summed E-state index contributed by atoms with van der Waals surface area (Å²) in [7, 11) is 0. The monoisotopic (exact) mass is 311 g/mol. The summed E-state index contributed by atoms with van der Waals surface area (Å²) in [4.78, 5) is 25.9. The van der Waals surface area contributed by atoms with E-state index in [1.54, 1.807) is 12.1 Å². The average Bonchev–Trinajstić information content (AvgIpc) is 2.45. The zero-order valence-corrected chi connectivity index (χ0v) is 12.7. The van der Waals surface area contributed by atoms with Crippen molar-refractivity contribution in [2.45, 2.75) is 20.3 Å². The molecular weight excluding hydrogens is 294 g/mol. The molecule has 7 heteroatoms.